The summed E-state index contributed by atoms with van der Waals surface area (Å²) in [5.41, 5.74) is 14.9. The molecule has 1 aromatic heterocycles. The number of sulfonamides is 1. The van der Waals surface area contributed by atoms with Crippen molar-refractivity contribution in [3.05, 3.63) is 66.5 Å². The molecule has 0 saturated heterocycles. The number of hydrogen-bond donors (Lipinski definition) is 2. The Kier molecular flexibility index (Phi) is 5.17. The van der Waals surface area contributed by atoms with Crippen molar-refractivity contribution in [1.29, 1.82) is 0 Å². The van der Waals surface area contributed by atoms with Gasteiger partial charge in [0.1, 0.15) is 0 Å². The van der Waals surface area contributed by atoms with Crippen LogP contribution in [0.1, 0.15) is 10.4 Å². The molecule has 0 bridgehead atoms. The number of carbonyl (C=O) groups excluding carboxylic acids is 1. The van der Waals surface area contributed by atoms with Crippen molar-refractivity contribution in [2.24, 2.45) is 5.73 Å². The molecule has 0 spiro atoms. The molecule has 1 amide bonds. The Hall–Kier alpha value is -3.23. The van der Waals surface area contributed by atoms with Crippen molar-refractivity contribution < 1.29 is 13.2 Å². The molecule has 0 aliphatic rings. The van der Waals surface area contributed by atoms with E-state index in [0.29, 0.717) is 11.1 Å². The second kappa shape index (κ2) is 7.41. The third kappa shape index (κ3) is 3.60. The lowest BCUT2D eigenvalue weighted by molar-refractivity contribution is 0.100. The molecule has 8 heteroatoms. The number of benzene rings is 2. The summed E-state index contributed by atoms with van der Waals surface area (Å²) in [5, 5.41) is 0. The molecule has 28 heavy (non-hydrogen) atoms. The first-order valence-electron chi connectivity index (χ1n) is 8.38. The van der Waals surface area contributed by atoms with Crippen molar-refractivity contribution >= 4 is 21.6 Å². The summed E-state index contributed by atoms with van der Waals surface area (Å²) in [5.74, 6) is -0.642. The number of carbonyl (C=O) groups is 1. The van der Waals surface area contributed by atoms with E-state index >= 15 is 0 Å². The molecular weight excluding hydrogens is 376 g/mol. The summed E-state index contributed by atoms with van der Waals surface area (Å²) >= 11 is 0. The zero-order chi connectivity index (χ0) is 20.5. The first-order chi connectivity index (χ1) is 13.2. The van der Waals surface area contributed by atoms with Crippen LogP contribution in [0.4, 0.5) is 5.69 Å². The molecule has 0 aliphatic heterocycles. The smallest absolute Gasteiger partial charge is 0.250 e. The van der Waals surface area contributed by atoms with Crippen LogP contribution >= 0.6 is 0 Å². The molecule has 0 aliphatic carbocycles. The molecule has 7 nitrogen and oxygen atoms in total. The molecule has 0 unspecified atom stereocenters. The van der Waals surface area contributed by atoms with Crippen LogP contribution < -0.4 is 11.5 Å². The van der Waals surface area contributed by atoms with Gasteiger partial charge in [0.15, 0.2) is 0 Å². The number of nitrogens with two attached hydrogens (primary N) is 2. The highest BCUT2D eigenvalue weighted by molar-refractivity contribution is 7.89. The van der Waals surface area contributed by atoms with E-state index in [1.807, 2.05) is 12.1 Å². The van der Waals surface area contributed by atoms with E-state index in [1.165, 1.54) is 26.2 Å². The normalized spacial score (nSPS) is 11.5. The zero-order valence-corrected chi connectivity index (χ0v) is 16.3. The fraction of sp³-hybridized carbons (Fsp3) is 0.100. The molecule has 3 aromatic rings. The minimum absolute atomic E-state index is 0.165. The number of aromatic nitrogens is 1. The van der Waals surface area contributed by atoms with Gasteiger partial charge in [0.2, 0.25) is 10.0 Å². The summed E-state index contributed by atoms with van der Waals surface area (Å²) in [4.78, 5) is 16.2. The van der Waals surface area contributed by atoms with Gasteiger partial charge in [-0.1, -0.05) is 18.2 Å². The average molecular weight is 396 g/mol. The number of nitrogen functional groups attached to an aromatic ring is 1. The van der Waals surface area contributed by atoms with Crippen LogP contribution in [0.2, 0.25) is 0 Å². The standard InChI is InChI=1S/C20H20N4O3S/c1-24(2)28(26,27)16-7-5-13(6-8-16)17-10-15(14-4-3-9-23-12-14)11-18(19(17)21)20(22)25/h3-12H,21H2,1-2H3,(H2,22,25). The number of nitrogens with zero attached hydrogens (tertiary/aromatic N) is 2. The van der Waals surface area contributed by atoms with Gasteiger partial charge >= 0.3 is 0 Å². The van der Waals surface area contributed by atoms with E-state index in [0.717, 1.165) is 15.4 Å². The highest BCUT2D eigenvalue weighted by Crippen LogP contribution is 2.34. The minimum Gasteiger partial charge on any atom is -0.398 e. The molecular formula is C20H20N4O3S. The van der Waals surface area contributed by atoms with Gasteiger partial charge in [-0.15, -0.1) is 0 Å². The second-order valence-electron chi connectivity index (χ2n) is 6.40. The Balaban J connectivity index is 2.16. The van der Waals surface area contributed by atoms with Crippen molar-refractivity contribution in [1.82, 2.24) is 9.29 Å². The quantitative estimate of drug-likeness (QED) is 0.642. The first-order valence-corrected chi connectivity index (χ1v) is 9.82. The van der Waals surface area contributed by atoms with Crippen LogP contribution in [0.25, 0.3) is 22.3 Å². The van der Waals surface area contributed by atoms with Crippen LogP contribution in [0, 0.1) is 0 Å². The second-order valence-corrected chi connectivity index (χ2v) is 8.55. The van der Waals surface area contributed by atoms with Crippen molar-refractivity contribution in [2.45, 2.75) is 4.90 Å². The van der Waals surface area contributed by atoms with Gasteiger partial charge in [-0.2, -0.15) is 0 Å². The van der Waals surface area contributed by atoms with Crippen LogP contribution in [0.3, 0.4) is 0 Å². The Morgan fingerprint density at radius 2 is 1.68 bits per heavy atom. The Morgan fingerprint density at radius 1 is 1.00 bits per heavy atom. The van der Waals surface area contributed by atoms with Gasteiger partial charge in [0.25, 0.3) is 5.91 Å². The third-order valence-corrected chi connectivity index (χ3v) is 6.21. The summed E-state index contributed by atoms with van der Waals surface area (Å²) in [6, 6.07) is 13.4. The van der Waals surface area contributed by atoms with Gasteiger partial charge in [-0.05, 0) is 41.5 Å². The summed E-state index contributed by atoms with van der Waals surface area (Å²) in [6.45, 7) is 0. The molecule has 2 aromatic carbocycles. The number of primary amides is 1. The molecule has 0 atom stereocenters. The van der Waals surface area contributed by atoms with Crippen LogP contribution in [0.5, 0.6) is 0 Å². The average Bonchev–Trinajstić information content (AvgIpc) is 2.68. The summed E-state index contributed by atoms with van der Waals surface area (Å²) in [7, 11) is -0.599. The number of hydrogen-bond acceptors (Lipinski definition) is 5. The van der Waals surface area contributed by atoms with Gasteiger partial charge in [-0.25, -0.2) is 12.7 Å². The summed E-state index contributed by atoms with van der Waals surface area (Å²) < 4.78 is 25.7. The molecule has 144 valence electrons. The lowest BCUT2D eigenvalue weighted by Crippen LogP contribution is -2.22. The Labute approximate surface area is 163 Å². The maximum atomic E-state index is 12.3. The predicted octanol–water partition coefficient (Wildman–Crippen LogP) is 2.35. The van der Waals surface area contributed by atoms with E-state index < -0.39 is 15.9 Å². The molecule has 4 N–H and O–H groups in total. The Bertz CT molecular complexity index is 1130. The summed E-state index contributed by atoms with van der Waals surface area (Å²) in [6.07, 6.45) is 3.33. The Morgan fingerprint density at radius 3 is 2.21 bits per heavy atom. The molecule has 0 fully saturated rings. The number of amides is 1. The van der Waals surface area contributed by atoms with Crippen molar-refractivity contribution in [2.75, 3.05) is 19.8 Å². The van der Waals surface area contributed by atoms with E-state index in [1.54, 1.807) is 36.7 Å². The lowest BCUT2D eigenvalue weighted by Gasteiger charge is -2.15. The minimum atomic E-state index is -3.54. The highest BCUT2D eigenvalue weighted by Gasteiger charge is 2.18. The zero-order valence-electron chi connectivity index (χ0n) is 15.5. The monoisotopic (exact) mass is 396 g/mol. The highest BCUT2D eigenvalue weighted by atomic mass is 32.2. The first kappa shape index (κ1) is 19.5. The number of anilines is 1. The SMILES string of the molecule is CN(C)S(=O)(=O)c1ccc(-c2cc(-c3cccnc3)cc(C(N)=O)c2N)cc1. The van der Waals surface area contributed by atoms with Gasteiger partial charge in [0.05, 0.1) is 16.1 Å². The topological polar surface area (TPSA) is 119 Å². The molecule has 3 rings (SSSR count). The largest absolute Gasteiger partial charge is 0.398 e. The molecule has 0 radical (unpaired) electrons. The van der Waals surface area contributed by atoms with Gasteiger partial charge in [0, 0.05) is 37.6 Å². The predicted molar refractivity (Wildman–Crippen MR) is 109 cm³/mol. The van der Waals surface area contributed by atoms with E-state index in [2.05, 4.69) is 4.98 Å². The van der Waals surface area contributed by atoms with Crippen molar-refractivity contribution in [3.63, 3.8) is 0 Å². The maximum Gasteiger partial charge on any atom is 0.250 e. The van der Waals surface area contributed by atoms with Crippen LogP contribution in [0.15, 0.2) is 65.8 Å². The molecule has 1 heterocycles. The fourth-order valence-corrected chi connectivity index (χ4v) is 3.72. The number of rotatable bonds is 5. The van der Waals surface area contributed by atoms with E-state index in [9.17, 15) is 13.2 Å². The van der Waals surface area contributed by atoms with Crippen LogP contribution in [-0.2, 0) is 10.0 Å². The fourth-order valence-electron chi connectivity index (χ4n) is 2.81. The lowest BCUT2D eigenvalue weighted by atomic mass is 9.94. The van der Waals surface area contributed by atoms with Crippen molar-refractivity contribution in [3.8, 4) is 22.3 Å². The number of pyridine rings is 1. The molecule has 0 saturated carbocycles. The van der Waals surface area contributed by atoms with Gasteiger partial charge in [-0.3, -0.25) is 9.78 Å². The van der Waals surface area contributed by atoms with E-state index in [-0.39, 0.29) is 16.1 Å². The maximum absolute atomic E-state index is 12.3. The van der Waals surface area contributed by atoms with E-state index in [4.69, 9.17) is 11.5 Å². The van der Waals surface area contributed by atoms with Crippen LogP contribution in [-0.4, -0.2) is 37.7 Å². The van der Waals surface area contributed by atoms with Gasteiger partial charge < -0.3 is 11.5 Å². The third-order valence-electron chi connectivity index (χ3n) is 4.38.